The Morgan fingerprint density at radius 2 is 2.00 bits per heavy atom. The predicted octanol–water partition coefficient (Wildman–Crippen LogP) is 0.686. The highest BCUT2D eigenvalue weighted by molar-refractivity contribution is 4.79. The second-order valence-corrected chi connectivity index (χ2v) is 4.22. The molecule has 1 heterocycles. The van der Waals surface area contributed by atoms with E-state index < -0.39 is 6.43 Å². The molecule has 0 aromatic rings. The Hall–Kier alpha value is -0.260. The van der Waals surface area contributed by atoms with Crippen molar-refractivity contribution in [3.05, 3.63) is 0 Å². The average molecular weight is 222 g/mol. The highest BCUT2D eigenvalue weighted by Gasteiger charge is 2.21. The van der Waals surface area contributed by atoms with Crippen LogP contribution in [-0.2, 0) is 0 Å². The summed E-state index contributed by atoms with van der Waals surface area (Å²) in [7, 11) is 0. The zero-order valence-electron chi connectivity index (χ0n) is 9.13. The van der Waals surface area contributed by atoms with E-state index in [0.29, 0.717) is 6.04 Å². The van der Waals surface area contributed by atoms with E-state index >= 15 is 0 Å². The van der Waals surface area contributed by atoms with E-state index in [2.05, 4.69) is 5.32 Å². The molecule has 0 bridgehead atoms. The Kier molecular flexibility index (Phi) is 5.42. The number of halogens is 2. The number of aliphatic hydroxyl groups excluding tert-OH is 1. The van der Waals surface area contributed by atoms with E-state index in [4.69, 9.17) is 5.11 Å². The van der Waals surface area contributed by atoms with Crippen molar-refractivity contribution in [1.82, 2.24) is 10.2 Å². The molecular weight excluding hydrogens is 202 g/mol. The van der Waals surface area contributed by atoms with Gasteiger partial charge in [-0.15, -0.1) is 0 Å². The predicted molar refractivity (Wildman–Crippen MR) is 55.1 cm³/mol. The van der Waals surface area contributed by atoms with Gasteiger partial charge in [-0.25, -0.2) is 8.78 Å². The lowest BCUT2D eigenvalue weighted by atomic mass is 10.0. The normalized spacial score (nSPS) is 22.2. The van der Waals surface area contributed by atoms with Crippen molar-refractivity contribution in [3.63, 3.8) is 0 Å². The van der Waals surface area contributed by atoms with E-state index in [-0.39, 0.29) is 19.2 Å². The fourth-order valence-corrected chi connectivity index (χ4v) is 1.93. The van der Waals surface area contributed by atoms with Crippen molar-refractivity contribution in [2.75, 3.05) is 26.2 Å². The summed E-state index contributed by atoms with van der Waals surface area (Å²) in [6.07, 6.45) is -0.459. The van der Waals surface area contributed by atoms with Crippen molar-refractivity contribution >= 4 is 0 Å². The second kappa shape index (κ2) is 6.35. The zero-order valence-corrected chi connectivity index (χ0v) is 9.13. The van der Waals surface area contributed by atoms with Gasteiger partial charge in [0.05, 0.1) is 13.2 Å². The number of nitrogens with zero attached hydrogens (tertiary/aromatic N) is 1. The molecule has 1 saturated heterocycles. The Balaban J connectivity index is 2.18. The highest BCUT2D eigenvalue weighted by Crippen LogP contribution is 2.12. The standard InChI is InChI=1S/C10H20F2N2O/c1-8(7-15)13-9-2-4-14(5-3-9)6-10(11)12/h8-10,13,15H,2-7H2,1H3/t8-/m1/s1. The minimum absolute atomic E-state index is 0.0941. The first kappa shape index (κ1) is 12.8. The molecule has 0 unspecified atom stereocenters. The minimum atomic E-state index is -2.23. The summed E-state index contributed by atoms with van der Waals surface area (Å²) in [6.45, 7) is 3.38. The fourth-order valence-electron chi connectivity index (χ4n) is 1.93. The summed E-state index contributed by atoms with van der Waals surface area (Å²) < 4.78 is 24.2. The molecule has 5 heteroatoms. The molecule has 0 radical (unpaired) electrons. The molecule has 0 aromatic heterocycles. The fraction of sp³-hybridized carbons (Fsp3) is 1.00. The van der Waals surface area contributed by atoms with Crippen molar-refractivity contribution in [2.45, 2.75) is 38.3 Å². The van der Waals surface area contributed by atoms with Crippen LogP contribution in [0.5, 0.6) is 0 Å². The van der Waals surface area contributed by atoms with Crippen LogP contribution in [0.1, 0.15) is 19.8 Å². The molecule has 1 atom stereocenters. The highest BCUT2D eigenvalue weighted by atomic mass is 19.3. The number of likely N-dealkylation sites (tertiary alicyclic amines) is 1. The smallest absolute Gasteiger partial charge is 0.251 e. The van der Waals surface area contributed by atoms with Gasteiger partial charge in [-0.3, -0.25) is 4.90 Å². The molecule has 0 aromatic carbocycles. The minimum Gasteiger partial charge on any atom is -0.395 e. The third kappa shape index (κ3) is 4.86. The van der Waals surface area contributed by atoms with Crippen LogP contribution in [0.4, 0.5) is 8.78 Å². The Bertz CT molecular complexity index is 173. The van der Waals surface area contributed by atoms with Crippen molar-refractivity contribution in [3.8, 4) is 0 Å². The molecule has 0 aliphatic carbocycles. The number of rotatable bonds is 5. The van der Waals surface area contributed by atoms with Gasteiger partial charge in [-0.1, -0.05) is 0 Å². The maximum Gasteiger partial charge on any atom is 0.251 e. The van der Waals surface area contributed by atoms with Crippen LogP contribution in [-0.4, -0.2) is 54.8 Å². The van der Waals surface area contributed by atoms with Crippen molar-refractivity contribution in [1.29, 1.82) is 0 Å². The van der Waals surface area contributed by atoms with E-state index in [1.54, 1.807) is 4.90 Å². The van der Waals surface area contributed by atoms with Gasteiger partial charge in [-0.2, -0.15) is 0 Å². The number of alkyl halides is 2. The monoisotopic (exact) mass is 222 g/mol. The van der Waals surface area contributed by atoms with Gasteiger partial charge in [-0.05, 0) is 32.9 Å². The first-order chi connectivity index (χ1) is 7.11. The van der Waals surface area contributed by atoms with Crippen LogP contribution in [0.2, 0.25) is 0 Å². The Labute approximate surface area is 89.5 Å². The summed E-state index contributed by atoms with van der Waals surface area (Å²) in [6, 6.07) is 0.456. The molecule has 1 aliphatic heterocycles. The van der Waals surface area contributed by atoms with Crippen LogP contribution >= 0.6 is 0 Å². The van der Waals surface area contributed by atoms with Gasteiger partial charge >= 0.3 is 0 Å². The molecule has 1 aliphatic rings. The van der Waals surface area contributed by atoms with Crippen LogP contribution in [0.15, 0.2) is 0 Å². The number of piperidine rings is 1. The number of nitrogens with one attached hydrogen (secondary N) is 1. The number of aliphatic hydroxyl groups is 1. The van der Waals surface area contributed by atoms with E-state index in [0.717, 1.165) is 25.9 Å². The van der Waals surface area contributed by atoms with Crippen LogP contribution in [0, 0.1) is 0 Å². The van der Waals surface area contributed by atoms with Crippen LogP contribution < -0.4 is 5.32 Å². The maximum absolute atomic E-state index is 12.1. The van der Waals surface area contributed by atoms with E-state index in [9.17, 15) is 8.78 Å². The third-order valence-electron chi connectivity index (χ3n) is 2.78. The summed E-state index contributed by atoms with van der Waals surface area (Å²) in [5.41, 5.74) is 0. The quantitative estimate of drug-likeness (QED) is 0.718. The second-order valence-electron chi connectivity index (χ2n) is 4.22. The van der Waals surface area contributed by atoms with Crippen molar-refractivity contribution < 1.29 is 13.9 Å². The van der Waals surface area contributed by atoms with Crippen LogP contribution in [0.25, 0.3) is 0 Å². The zero-order chi connectivity index (χ0) is 11.3. The van der Waals surface area contributed by atoms with Crippen molar-refractivity contribution in [2.24, 2.45) is 0 Å². The molecule has 0 spiro atoms. The molecule has 2 N–H and O–H groups in total. The maximum atomic E-state index is 12.1. The molecule has 15 heavy (non-hydrogen) atoms. The number of hydrogen-bond donors (Lipinski definition) is 2. The lowest BCUT2D eigenvalue weighted by Gasteiger charge is -2.33. The van der Waals surface area contributed by atoms with Gasteiger partial charge in [0.15, 0.2) is 0 Å². The number of hydrogen-bond acceptors (Lipinski definition) is 3. The Morgan fingerprint density at radius 3 is 2.47 bits per heavy atom. The Morgan fingerprint density at radius 1 is 1.40 bits per heavy atom. The van der Waals surface area contributed by atoms with Gasteiger partial charge in [0.25, 0.3) is 6.43 Å². The van der Waals surface area contributed by atoms with Gasteiger partial charge < -0.3 is 10.4 Å². The van der Waals surface area contributed by atoms with Gasteiger partial charge in [0.1, 0.15) is 0 Å². The van der Waals surface area contributed by atoms with Gasteiger partial charge in [0, 0.05) is 12.1 Å². The average Bonchev–Trinajstić information content (AvgIpc) is 2.20. The summed E-state index contributed by atoms with van der Waals surface area (Å²) in [5, 5.41) is 12.1. The lowest BCUT2D eigenvalue weighted by Crippen LogP contribution is -2.47. The van der Waals surface area contributed by atoms with E-state index in [1.807, 2.05) is 6.92 Å². The topological polar surface area (TPSA) is 35.5 Å². The largest absolute Gasteiger partial charge is 0.395 e. The molecule has 1 rings (SSSR count). The van der Waals surface area contributed by atoms with E-state index in [1.165, 1.54) is 0 Å². The first-order valence-corrected chi connectivity index (χ1v) is 5.49. The molecule has 0 amide bonds. The molecule has 3 nitrogen and oxygen atoms in total. The molecule has 90 valence electrons. The van der Waals surface area contributed by atoms with Crippen LogP contribution in [0.3, 0.4) is 0 Å². The first-order valence-electron chi connectivity index (χ1n) is 5.49. The molecular formula is C10H20F2N2O. The third-order valence-corrected chi connectivity index (χ3v) is 2.78. The van der Waals surface area contributed by atoms with Gasteiger partial charge in [0.2, 0.25) is 0 Å². The lowest BCUT2D eigenvalue weighted by molar-refractivity contribution is 0.0713. The summed E-state index contributed by atoms with van der Waals surface area (Å²) in [5.74, 6) is 0. The molecule has 1 fully saturated rings. The SMILES string of the molecule is C[C@H](CO)NC1CCN(CC(F)F)CC1. The molecule has 0 saturated carbocycles. The summed E-state index contributed by atoms with van der Waals surface area (Å²) >= 11 is 0. The summed E-state index contributed by atoms with van der Waals surface area (Å²) in [4.78, 5) is 1.80.